The molecule has 3 atom stereocenters. The normalized spacial score (nSPS) is 25.7. The molecule has 0 amide bonds. The van der Waals surface area contributed by atoms with Crippen LogP contribution in [0.15, 0.2) is 24.3 Å². The lowest BCUT2D eigenvalue weighted by molar-refractivity contribution is 0.0206. The molecule has 2 N–H and O–H groups in total. The van der Waals surface area contributed by atoms with E-state index in [1.165, 1.54) is 6.42 Å². The highest BCUT2D eigenvalue weighted by molar-refractivity contribution is 5.35. The van der Waals surface area contributed by atoms with Gasteiger partial charge in [-0.3, -0.25) is 0 Å². The van der Waals surface area contributed by atoms with Gasteiger partial charge in [0, 0.05) is 25.1 Å². The highest BCUT2D eigenvalue weighted by Gasteiger charge is 2.23. The van der Waals surface area contributed by atoms with E-state index < -0.39 is 0 Å². The molecule has 0 bridgehead atoms. The van der Waals surface area contributed by atoms with Gasteiger partial charge in [0.1, 0.15) is 11.9 Å². The number of para-hydroxylation sites is 1. The summed E-state index contributed by atoms with van der Waals surface area (Å²) in [6, 6.07) is 8.05. The number of hydrogen-bond acceptors (Lipinski definition) is 3. The fourth-order valence-electron chi connectivity index (χ4n) is 2.57. The first-order chi connectivity index (χ1) is 8.70. The van der Waals surface area contributed by atoms with Gasteiger partial charge in [-0.1, -0.05) is 18.2 Å². The lowest BCUT2D eigenvalue weighted by atomic mass is 9.94. The Hall–Kier alpha value is -1.06. The fraction of sp³-hybridized carbons (Fsp3) is 0.600. The van der Waals surface area contributed by atoms with Crippen LogP contribution in [0, 0.1) is 0 Å². The van der Waals surface area contributed by atoms with E-state index in [1.807, 2.05) is 31.2 Å². The molecule has 0 aromatic heterocycles. The number of nitrogens with two attached hydrogens (primary N) is 1. The van der Waals surface area contributed by atoms with Crippen molar-refractivity contribution in [2.24, 2.45) is 5.73 Å². The maximum Gasteiger partial charge on any atom is 0.124 e. The van der Waals surface area contributed by atoms with Crippen LogP contribution in [0.4, 0.5) is 0 Å². The van der Waals surface area contributed by atoms with Crippen molar-refractivity contribution in [2.45, 2.75) is 50.9 Å². The molecule has 100 valence electrons. The highest BCUT2D eigenvalue weighted by Crippen LogP contribution is 2.29. The number of hydrogen-bond donors (Lipinski definition) is 1. The molecule has 1 aliphatic rings. The van der Waals surface area contributed by atoms with Crippen molar-refractivity contribution in [1.29, 1.82) is 0 Å². The monoisotopic (exact) mass is 249 g/mol. The van der Waals surface area contributed by atoms with Gasteiger partial charge in [-0.05, 0) is 32.3 Å². The summed E-state index contributed by atoms with van der Waals surface area (Å²) in [5, 5.41) is 0. The van der Waals surface area contributed by atoms with Gasteiger partial charge in [-0.2, -0.15) is 0 Å². The molecular formula is C15H23NO2. The molecule has 0 aliphatic heterocycles. The summed E-state index contributed by atoms with van der Waals surface area (Å²) >= 11 is 0. The zero-order valence-corrected chi connectivity index (χ0v) is 11.3. The molecule has 3 heteroatoms. The number of rotatable bonds is 4. The topological polar surface area (TPSA) is 44.5 Å². The molecule has 1 aromatic rings. The van der Waals surface area contributed by atoms with Crippen LogP contribution >= 0.6 is 0 Å². The van der Waals surface area contributed by atoms with Crippen molar-refractivity contribution in [3.8, 4) is 5.75 Å². The summed E-state index contributed by atoms with van der Waals surface area (Å²) in [7, 11) is 1.78. The number of ether oxygens (including phenoxy) is 2. The van der Waals surface area contributed by atoms with E-state index in [0.717, 1.165) is 30.6 Å². The molecule has 2 rings (SSSR count). The van der Waals surface area contributed by atoms with Crippen molar-refractivity contribution >= 4 is 0 Å². The van der Waals surface area contributed by atoms with Crippen LogP contribution in [0.1, 0.15) is 44.2 Å². The third kappa shape index (κ3) is 3.24. The lowest BCUT2D eigenvalue weighted by Gasteiger charge is -2.29. The van der Waals surface area contributed by atoms with Gasteiger partial charge in [-0.25, -0.2) is 0 Å². The zero-order chi connectivity index (χ0) is 13.0. The quantitative estimate of drug-likeness (QED) is 0.892. The van der Waals surface area contributed by atoms with E-state index in [0.29, 0.717) is 6.10 Å². The Balaban J connectivity index is 2.04. The maximum absolute atomic E-state index is 6.12. The van der Waals surface area contributed by atoms with Gasteiger partial charge in [0.25, 0.3) is 0 Å². The summed E-state index contributed by atoms with van der Waals surface area (Å²) in [6.07, 6.45) is 4.99. The summed E-state index contributed by atoms with van der Waals surface area (Å²) < 4.78 is 11.6. The van der Waals surface area contributed by atoms with Crippen molar-refractivity contribution in [3.63, 3.8) is 0 Å². The predicted molar refractivity (Wildman–Crippen MR) is 72.7 cm³/mol. The number of benzene rings is 1. The van der Waals surface area contributed by atoms with Gasteiger partial charge >= 0.3 is 0 Å². The van der Waals surface area contributed by atoms with E-state index in [9.17, 15) is 0 Å². The molecule has 1 aromatic carbocycles. The Labute approximate surface area is 109 Å². The predicted octanol–water partition coefficient (Wildman–Crippen LogP) is 3.04. The van der Waals surface area contributed by atoms with Gasteiger partial charge in [0.05, 0.1) is 6.10 Å². The Morgan fingerprint density at radius 2 is 1.94 bits per heavy atom. The summed E-state index contributed by atoms with van der Waals surface area (Å²) in [6.45, 7) is 1.99. The minimum absolute atomic E-state index is 0.00279. The van der Waals surface area contributed by atoms with Gasteiger partial charge in [-0.15, -0.1) is 0 Å². The van der Waals surface area contributed by atoms with Gasteiger partial charge in [0.15, 0.2) is 0 Å². The molecule has 0 spiro atoms. The Morgan fingerprint density at radius 3 is 2.67 bits per heavy atom. The highest BCUT2D eigenvalue weighted by atomic mass is 16.5. The van der Waals surface area contributed by atoms with E-state index >= 15 is 0 Å². The largest absolute Gasteiger partial charge is 0.490 e. The molecule has 0 radical (unpaired) electrons. The molecule has 3 nitrogen and oxygen atoms in total. The van der Waals surface area contributed by atoms with Crippen LogP contribution in [0.3, 0.4) is 0 Å². The molecule has 18 heavy (non-hydrogen) atoms. The first kappa shape index (κ1) is 13.4. The number of methoxy groups -OCH3 is 1. The smallest absolute Gasteiger partial charge is 0.124 e. The molecule has 3 unspecified atom stereocenters. The molecule has 1 fully saturated rings. The maximum atomic E-state index is 6.12. The van der Waals surface area contributed by atoms with Crippen molar-refractivity contribution in [1.82, 2.24) is 0 Å². The van der Waals surface area contributed by atoms with Crippen LogP contribution in [0.5, 0.6) is 5.75 Å². The van der Waals surface area contributed by atoms with Crippen LogP contribution in [-0.2, 0) is 4.74 Å². The molecule has 1 saturated carbocycles. The first-order valence-corrected chi connectivity index (χ1v) is 6.74. The Kier molecular flexibility index (Phi) is 4.61. The van der Waals surface area contributed by atoms with Crippen molar-refractivity contribution in [2.75, 3.05) is 7.11 Å². The molecule has 0 saturated heterocycles. The second kappa shape index (κ2) is 6.21. The first-order valence-electron chi connectivity index (χ1n) is 6.74. The third-order valence-corrected chi connectivity index (χ3v) is 3.61. The summed E-state index contributed by atoms with van der Waals surface area (Å²) in [5.74, 6) is 0.925. The van der Waals surface area contributed by atoms with Crippen LogP contribution in [0.25, 0.3) is 0 Å². The van der Waals surface area contributed by atoms with Crippen molar-refractivity contribution < 1.29 is 9.47 Å². The van der Waals surface area contributed by atoms with Crippen LogP contribution < -0.4 is 10.5 Å². The third-order valence-electron chi connectivity index (χ3n) is 3.61. The average Bonchev–Trinajstić information content (AvgIpc) is 2.39. The van der Waals surface area contributed by atoms with E-state index in [-0.39, 0.29) is 12.1 Å². The van der Waals surface area contributed by atoms with Gasteiger partial charge < -0.3 is 15.2 Å². The summed E-state index contributed by atoms with van der Waals surface area (Å²) in [5.41, 5.74) is 7.05. The fourth-order valence-corrected chi connectivity index (χ4v) is 2.57. The summed E-state index contributed by atoms with van der Waals surface area (Å²) in [4.78, 5) is 0. The SMILES string of the molecule is COC1CCCC(Oc2ccccc2C(C)N)C1. The average molecular weight is 249 g/mol. The minimum atomic E-state index is 0.00279. The minimum Gasteiger partial charge on any atom is -0.490 e. The standard InChI is InChI=1S/C15H23NO2/c1-11(16)14-8-3-4-9-15(14)18-13-7-5-6-12(10-13)17-2/h3-4,8-9,11-13H,5-7,10,16H2,1-2H3. The Bertz CT molecular complexity index is 379. The lowest BCUT2D eigenvalue weighted by Crippen LogP contribution is -2.30. The Morgan fingerprint density at radius 1 is 1.22 bits per heavy atom. The van der Waals surface area contributed by atoms with E-state index in [4.69, 9.17) is 15.2 Å². The second-order valence-corrected chi connectivity index (χ2v) is 5.09. The van der Waals surface area contributed by atoms with E-state index in [1.54, 1.807) is 7.11 Å². The molecule has 1 aliphatic carbocycles. The van der Waals surface area contributed by atoms with Crippen LogP contribution in [0.2, 0.25) is 0 Å². The van der Waals surface area contributed by atoms with E-state index in [2.05, 4.69) is 0 Å². The van der Waals surface area contributed by atoms with Crippen LogP contribution in [-0.4, -0.2) is 19.3 Å². The van der Waals surface area contributed by atoms with Gasteiger partial charge in [0.2, 0.25) is 0 Å². The second-order valence-electron chi connectivity index (χ2n) is 5.09. The zero-order valence-electron chi connectivity index (χ0n) is 11.3. The molecular weight excluding hydrogens is 226 g/mol. The molecule has 0 heterocycles. The van der Waals surface area contributed by atoms with Crippen molar-refractivity contribution in [3.05, 3.63) is 29.8 Å².